The zero-order chi connectivity index (χ0) is 28.9. The SMILES string of the molecule is Cc1ncc(C(=O)NCc2cc3nc(-c4cc(F)cc(N5CC6(CC6)NC[C@H]5C)n4)ccc3cn2)cc1S(C)(=O)=O. The minimum absolute atomic E-state index is 0.0123. The molecular weight excluding hydrogens is 545 g/mol. The molecule has 41 heavy (non-hydrogen) atoms. The van der Waals surface area contributed by atoms with Crippen molar-refractivity contribution in [2.24, 2.45) is 0 Å². The number of aryl methyl sites for hydroxylation is 1. The number of rotatable bonds is 6. The van der Waals surface area contributed by atoms with Crippen molar-refractivity contribution in [3.8, 4) is 11.4 Å². The molecule has 5 heterocycles. The number of nitrogens with zero attached hydrogens (tertiary/aromatic N) is 5. The van der Waals surface area contributed by atoms with E-state index < -0.39 is 15.7 Å². The number of nitrogens with one attached hydrogen (secondary N) is 2. The van der Waals surface area contributed by atoms with Gasteiger partial charge in [-0.05, 0) is 51.0 Å². The Hall–Kier alpha value is -4.03. The highest BCUT2D eigenvalue weighted by atomic mass is 32.2. The fourth-order valence-corrected chi connectivity index (χ4v) is 6.08. The number of amides is 1. The Morgan fingerprint density at radius 1 is 1.12 bits per heavy atom. The Morgan fingerprint density at radius 2 is 1.93 bits per heavy atom. The molecule has 2 N–H and O–H groups in total. The molecule has 10 nitrogen and oxygen atoms in total. The van der Waals surface area contributed by atoms with Crippen molar-refractivity contribution in [1.82, 2.24) is 30.6 Å². The number of halogens is 1. The summed E-state index contributed by atoms with van der Waals surface area (Å²) in [6.45, 7) is 5.40. The van der Waals surface area contributed by atoms with Crippen LogP contribution in [0.1, 0.15) is 41.5 Å². The van der Waals surface area contributed by atoms with Crippen molar-refractivity contribution in [3.05, 3.63) is 71.6 Å². The molecule has 0 unspecified atom stereocenters. The van der Waals surface area contributed by atoms with Crippen LogP contribution in [0.4, 0.5) is 10.2 Å². The number of pyridine rings is 4. The summed E-state index contributed by atoms with van der Waals surface area (Å²) >= 11 is 0. The standard InChI is InChI=1S/C29H30FN7O3S/c1-17-12-34-29(6-7-29)16-37(17)27-10-21(30)9-25(36-27)23-5-4-19-13-32-22(11-24(19)35-23)15-33-28(38)20-8-26(41(3,39)40)18(2)31-14-20/h4-5,8-11,13-14,17,34H,6-7,12,15-16H2,1-3H3,(H,33,38)/t17-/m1/s1. The third kappa shape index (κ3) is 5.62. The number of anilines is 1. The lowest BCUT2D eigenvalue weighted by molar-refractivity contribution is 0.0950. The predicted octanol–water partition coefficient (Wildman–Crippen LogP) is 3.20. The van der Waals surface area contributed by atoms with Gasteiger partial charge < -0.3 is 15.5 Å². The van der Waals surface area contributed by atoms with Gasteiger partial charge in [0.15, 0.2) is 9.84 Å². The van der Waals surface area contributed by atoms with E-state index in [-0.39, 0.29) is 34.4 Å². The number of hydrogen-bond donors (Lipinski definition) is 2. The summed E-state index contributed by atoms with van der Waals surface area (Å²) < 4.78 is 38.8. The second-order valence-corrected chi connectivity index (χ2v) is 13.0. The van der Waals surface area contributed by atoms with Crippen molar-refractivity contribution < 1.29 is 17.6 Å². The average Bonchev–Trinajstić information content (AvgIpc) is 3.70. The fourth-order valence-electron chi connectivity index (χ4n) is 5.15. The van der Waals surface area contributed by atoms with Gasteiger partial charge in [-0.1, -0.05) is 0 Å². The lowest BCUT2D eigenvalue weighted by Gasteiger charge is -2.40. The molecule has 1 amide bonds. The Balaban J connectivity index is 1.23. The molecule has 1 saturated carbocycles. The quantitative estimate of drug-likeness (QED) is 0.356. The first kappa shape index (κ1) is 27.2. The summed E-state index contributed by atoms with van der Waals surface area (Å²) in [5, 5.41) is 7.15. The van der Waals surface area contributed by atoms with E-state index in [4.69, 9.17) is 9.97 Å². The van der Waals surface area contributed by atoms with Crippen molar-refractivity contribution in [2.45, 2.75) is 49.7 Å². The molecule has 1 saturated heterocycles. The maximum atomic E-state index is 14.8. The molecular formula is C29H30FN7O3S. The third-order valence-corrected chi connectivity index (χ3v) is 8.94. The third-order valence-electron chi connectivity index (χ3n) is 7.73. The van der Waals surface area contributed by atoms with E-state index in [1.165, 1.54) is 24.4 Å². The van der Waals surface area contributed by atoms with Crippen LogP contribution in [-0.2, 0) is 16.4 Å². The number of carbonyl (C=O) groups excluding carboxylic acids is 1. The molecule has 212 valence electrons. The molecule has 0 radical (unpaired) electrons. The van der Waals surface area contributed by atoms with E-state index in [9.17, 15) is 17.6 Å². The van der Waals surface area contributed by atoms with E-state index in [0.717, 1.165) is 37.6 Å². The summed E-state index contributed by atoms with van der Waals surface area (Å²) in [6, 6.07) is 9.78. The smallest absolute Gasteiger partial charge is 0.253 e. The molecule has 1 atom stereocenters. The van der Waals surface area contributed by atoms with Crippen LogP contribution in [0.5, 0.6) is 0 Å². The molecule has 4 aromatic rings. The fraction of sp³-hybridized carbons (Fsp3) is 0.345. The summed E-state index contributed by atoms with van der Waals surface area (Å²) in [7, 11) is -3.52. The van der Waals surface area contributed by atoms with E-state index in [0.29, 0.717) is 34.1 Å². The summed E-state index contributed by atoms with van der Waals surface area (Å²) in [6.07, 6.45) is 6.31. The molecule has 6 rings (SSSR count). The molecule has 1 spiro atoms. The number of carbonyl (C=O) groups is 1. The predicted molar refractivity (Wildman–Crippen MR) is 153 cm³/mol. The highest BCUT2D eigenvalue weighted by Crippen LogP contribution is 2.40. The second kappa shape index (κ2) is 10.1. The minimum Gasteiger partial charge on any atom is -0.351 e. The van der Waals surface area contributed by atoms with Gasteiger partial charge in [-0.15, -0.1) is 0 Å². The van der Waals surface area contributed by atoms with Crippen LogP contribution in [0.15, 0.2) is 53.7 Å². The number of sulfone groups is 1. The van der Waals surface area contributed by atoms with E-state index in [1.807, 2.05) is 6.07 Å². The van der Waals surface area contributed by atoms with Gasteiger partial charge in [0.2, 0.25) is 0 Å². The van der Waals surface area contributed by atoms with Gasteiger partial charge >= 0.3 is 0 Å². The van der Waals surface area contributed by atoms with Gasteiger partial charge in [-0.25, -0.2) is 22.8 Å². The normalized spacial score (nSPS) is 18.0. The van der Waals surface area contributed by atoms with Gasteiger partial charge in [-0.2, -0.15) is 0 Å². The van der Waals surface area contributed by atoms with E-state index >= 15 is 0 Å². The van der Waals surface area contributed by atoms with Gasteiger partial charge in [0.25, 0.3) is 5.91 Å². The zero-order valence-corrected chi connectivity index (χ0v) is 23.8. The highest BCUT2D eigenvalue weighted by Gasteiger charge is 2.47. The number of hydrogen-bond acceptors (Lipinski definition) is 9. The second-order valence-electron chi connectivity index (χ2n) is 11.0. The Morgan fingerprint density at radius 3 is 2.68 bits per heavy atom. The topological polar surface area (TPSA) is 130 Å². The zero-order valence-electron chi connectivity index (χ0n) is 23.0. The molecule has 2 fully saturated rings. The average molecular weight is 576 g/mol. The van der Waals surface area contributed by atoms with Crippen molar-refractivity contribution in [3.63, 3.8) is 0 Å². The van der Waals surface area contributed by atoms with Crippen LogP contribution in [0, 0.1) is 12.7 Å². The van der Waals surface area contributed by atoms with Crippen molar-refractivity contribution in [2.75, 3.05) is 24.2 Å². The largest absolute Gasteiger partial charge is 0.351 e. The first-order valence-corrected chi connectivity index (χ1v) is 15.3. The van der Waals surface area contributed by atoms with E-state index in [2.05, 4.69) is 32.4 Å². The van der Waals surface area contributed by atoms with Gasteiger partial charge in [-0.3, -0.25) is 14.8 Å². The van der Waals surface area contributed by atoms with Crippen LogP contribution < -0.4 is 15.5 Å². The Kier molecular flexibility index (Phi) is 6.69. The lowest BCUT2D eigenvalue weighted by Crippen LogP contribution is -2.57. The molecule has 0 bridgehead atoms. The highest BCUT2D eigenvalue weighted by molar-refractivity contribution is 7.90. The Labute approximate surface area is 237 Å². The monoisotopic (exact) mass is 575 g/mol. The van der Waals surface area contributed by atoms with Crippen LogP contribution >= 0.6 is 0 Å². The molecule has 1 aliphatic carbocycles. The lowest BCUT2D eigenvalue weighted by atomic mass is 10.1. The Bertz CT molecular complexity index is 1790. The van der Waals surface area contributed by atoms with Gasteiger partial charge in [0.05, 0.1) is 45.3 Å². The molecule has 0 aromatic carbocycles. The number of piperazine rings is 1. The number of aromatic nitrogens is 4. The van der Waals surface area contributed by atoms with Gasteiger partial charge in [0, 0.05) is 60.8 Å². The summed E-state index contributed by atoms with van der Waals surface area (Å²) in [5.41, 5.74) is 2.73. The maximum Gasteiger partial charge on any atom is 0.253 e. The maximum absolute atomic E-state index is 14.8. The number of fused-ring (bicyclic) bond motifs is 1. The van der Waals surface area contributed by atoms with Gasteiger partial charge in [0.1, 0.15) is 11.6 Å². The van der Waals surface area contributed by atoms with Crippen molar-refractivity contribution >= 4 is 32.5 Å². The van der Waals surface area contributed by atoms with Crippen LogP contribution in [-0.4, -0.2) is 65.2 Å². The van der Waals surface area contributed by atoms with Crippen LogP contribution in [0.2, 0.25) is 0 Å². The first-order valence-electron chi connectivity index (χ1n) is 13.4. The van der Waals surface area contributed by atoms with Crippen LogP contribution in [0.3, 0.4) is 0 Å². The molecule has 1 aliphatic heterocycles. The molecule has 2 aliphatic rings. The van der Waals surface area contributed by atoms with Crippen molar-refractivity contribution in [1.29, 1.82) is 0 Å². The van der Waals surface area contributed by atoms with Crippen LogP contribution in [0.25, 0.3) is 22.3 Å². The summed E-state index contributed by atoms with van der Waals surface area (Å²) in [4.78, 5) is 32.9. The molecule has 12 heteroatoms. The van der Waals surface area contributed by atoms with E-state index in [1.54, 1.807) is 25.3 Å². The molecule has 4 aromatic heterocycles. The minimum atomic E-state index is -3.52. The summed E-state index contributed by atoms with van der Waals surface area (Å²) in [5.74, 6) is -0.243. The first-order chi connectivity index (χ1) is 19.5.